The first-order valence-electron chi connectivity index (χ1n) is 8.14. The van der Waals surface area contributed by atoms with Gasteiger partial charge in [0.2, 0.25) is 11.8 Å². The number of nitrogens with one attached hydrogen (secondary N) is 2. The van der Waals surface area contributed by atoms with E-state index in [2.05, 4.69) is 17.6 Å². The first-order valence-corrected chi connectivity index (χ1v) is 8.14. The van der Waals surface area contributed by atoms with Crippen molar-refractivity contribution in [3.63, 3.8) is 0 Å². The Kier molecular flexibility index (Phi) is 7.23. The second kappa shape index (κ2) is 8.67. The molecule has 0 saturated heterocycles. The molecule has 128 valence electrons. The highest BCUT2D eigenvalue weighted by molar-refractivity contribution is 5.93. The highest BCUT2D eigenvalue weighted by atomic mass is 16.2. The maximum Gasteiger partial charge on any atom is 0.238 e. The molecule has 0 atom stereocenters. The Morgan fingerprint density at radius 1 is 1.09 bits per heavy atom. The van der Waals surface area contributed by atoms with Gasteiger partial charge >= 0.3 is 0 Å². The van der Waals surface area contributed by atoms with E-state index in [-0.39, 0.29) is 30.4 Å². The van der Waals surface area contributed by atoms with Crippen LogP contribution in [0.4, 0.5) is 5.69 Å². The summed E-state index contributed by atoms with van der Waals surface area (Å²) in [5, 5.41) is 5.88. The number of carbonyl (C=O) groups is 2. The van der Waals surface area contributed by atoms with Gasteiger partial charge in [0.05, 0.1) is 13.1 Å². The lowest BCUT2D eigenvalue weighted by Crippen LogP contribution is -2.47. The Morgan fingerprint density at radius 3 is 2.30 bits per heavy atom. The van der Waals surface area contributed by atoms with Crippen LogP contribution in [-0.2, 0) is 16.0 Å². The van der Waals surface area contributed by atoms with Gasteiger partial charge in [0.1, 0.15) is 0 Å². The SMILES string of the molecule is CCc1ccccc1NC(=O)CN(C)CC(=O)NC(C)(C)CC. The average molecular weight is 319 g/mol. The van der Waals surface area contributed by atoms with Gasteiger partial charge in [0.25, 0.3) is 0 Å². The second-order valence-corrected chi connectivity index (χ2v) is 6.52. The summed E-state index contributed by atoms with van der Waals surface area (Å²) in [6, 6.07) is 7.76. The van der Waals surface area contributed by atoms with Crippen molar-refractivity contribution in [2.75, 3.05) is 25.5 Å². The largest absolute Gasteiger partial charge is 0.350 e. The quantitative estimate of drug-likeness (QED) is 0.773. The van der Waals surface area contributed by atoms with Gasteiger partial charge in [-0.05, 0) is 45.4 Å². The van der Waals surface area contributed by atoms with E-state index in [1.54, 1.807) is 11.9 Å². The Labute approximate surface area is 139 Å². The number of benzene rings is 1. The molecular weight excluding hydrogens is 290 g/mol. The minimum absolute atomic E-state index is 0.0684. The zero-order chi connectivity index (χ0) is 17.5. The molecule has 0 heterocycles. The topological polar surface area (TPSA) is 61.4 Å². The van der Waals surface area contributed by atoms with Crippen LogP contribution >= 0.6 is 0 Å². The summed E-state index contributed by atoms with van der Waals surface area (Å²) < 4.78 is 0. The van der Waals surface area contributed by atoms with Crippen LogP contribution in [0.25, 0.3) is 0 Å². The smallest absolute Gasteiger partial charge is 0.238 e. The maximum absolute atomic E-state index is 12.1. The molecule has 5 heteroatoms. The number of likely N-dealkylation sites (N-methyl/N-ethyl adjacent to an activating group) is 1. The number of rotatable bonds is 8. The molecule has 5 nitrogen and oxygen atoms in total. The summed E-state index contributed by atoms with van der Waals surface area (Å²) in [5.74, 6) is -0.183. The molecule has 1 rings (SSSR count). The fourth-order valence-corrected chi connectivity index (χ4v) is 2.19. The van der Waals surface area contributed by atoms with E-state index in [0.717, 1.165) is 24.1 Å². The lowest BCUT2D eigenvalue weighted by molar-refractivity contribution is -0.124. The minimum Gasteiger partial charge on any atom is -0.350 e. The van der Waals surface area contributed by atoms with Crippen LogP contribution in [0, 0.1) is 0 Å². The number of aryl methyl sites for hydroxylation is 1. The number of hydrogen-bond acceptors (Lipinski definition) is 3. The zero-order valence-corrected chi connectivity index (χ0v) is 14.9. The van der Waals surface area contributed by atoms with Gasteiger partial charge in [-0.3, -0.25) is 14.5 Å². The third-order valence-corrected chi connectivity index (χ3v) is 3.86. The number of hydrogen-bond donors (Lipinski definition) is 2. The molecular formula is C18H29N3O2. The number of carbonyl (C=O) groups excluding carboxylic acids is 2. The van der Waals surface area contributed by atoms with E-state index < -0.39 is 0 Å². The van der Waals surface area contributed by atoms with Gasteiger partial charge < -0.3 is 10.6 Å². The molecule has 23 heavy (non-hydrogen) atoms. The Balaban J connectivity index is 2.49. The van der Waals surface area contributed by atoms with Crippen molar-refractivity contribution in [2.45, 2.75) is 46.1 Å². The van der Waals surface area contributed by atoms with Crippen LogP contribution in [-0.4, -0.2) is 42.4 Å². The molecule has 2 amide bonds. The Morgan fingerprint density at radius 2 is 1.70 bits per heavy atom. The normalized spacial score (nSPS) is 11.4. The molecule has 1 aromatic carbocycles. The van der Waals surface area contributed by atoms with Crippen LogP contribution in [0.15, 0.2) is 24.3 Å². The fraction of sp³-hybridized carbons (Fsp3) is 0.556. The zero-order valence-electron chi connectivity index (χ0n) is 14.9. The molecule has 1 aromatic rings. The molecule has 0 aliphatic rings. The molecule has 0 aliphatic carbocycles. The van der Waals surface area contributed by atoms with E-state index >= 15 is 0 Å². The second-order valence-electron chi connectivity index (χ2n) is 6.52. The Bertz CT molecular complexity index is 541. The molecule has 0 radical (unpaired) electrons. The first kappa shape index (κ1) is 19.2. The number of anilines is 1. The molecule has 0 unspecified atom stereocenters. The summed E-state index contributed by atoms with van der Waals surface area (Å²) in [6.07, 6.45) is 1.72. The van der Waals surface area contributed by atoms with Crippen molar-refractivity contribution < 1.29 is 9.59 Å². The number of amides is 2. The average Bonchev–Trinajstić information content (AvgIpc) is 2.46. The standard InChI is InChI=1S/C18H29N3O2/c1-6-14-10-8-9-11-15(14)19-16(22)12-21(5)13-17(23)20-18(3,4)7-2/h8-11H,6-7,12-13H2,1-5H3,(H,19,22)(H,20,23). The van der Waals surface area contributed by atoms with E-state index in [9.17, 15) is 9.59 Å². The van der Waals surface area contributed by atoms with Crippen molar-refractivity contribution in [3.05, 3.63) is 29.8 Å². The van der Waals surface area contributed by atoms with Gasteiger partial charge in [-0.2, -0.15) is 0 Å². The maximum atomic E-state index is 12.1. The van der Waals surface area contributed by atoms with Crippen molar-refractivity contribution in [2.24, 2.45) is 0 Å². The van der Waals surface area contributed by atoms with E-state index in [1.807, 2.05) is 45.0 Å². The summed E-state index contributed by atoms with van der Waals surface area (Å²) in [7, 11) is 1.77. The molecule has 0 aliphatic heterocycles. The van der Waals surface area contributed by atoms with E-state index in [4.69, 9.17) is 0 Å². The molecule has 2 N–H and O–H groups in total. The summed E-state index contributed by atoms with van der Waals surface area (Å²) in [6.45, 7) is 8.43. The molecule has 0 saturated carbocycles. The van der Waals surface area contributed by atoms with Crippen molar-refractivity contribution in [3.8, 4) is 0 Å². The predicted molar refractivity (Wildman–Crippen MR) is 94.5 cm³/mol. The van der Waals surface area contributed by atoms with Crippen LogP contribution < -0.4 is 10.6 Å². The lowest BCUT2D eigenvalue weighted by Gasteiger charge is -2.26. The van der Waals surface area contributed by atoms with Gasteiger partial charge in [0, 0.05) is 11.2 Å². The van der Waals surface area contributed by atoms with Gasteiger partial charge in [-0.25, -0.2) is 0 Å². The van der Waals surface area contributed by atoms with E-state index in [0.29, 0.717) is 0 Å². The van der Waals surface area contributed by atoms with Gasteiger partial charge in [0.15, 0.2) is 0 Å². The van der Waals surface area contributed by atoms with Crippen LogP contribution in [0.5, 0.6) is 0 Å². The molecule has 0 aromatic heterocycles. The van der Waals surface area contributed by atoms with Crippen LogP contribution in [0.3, 0.4) is 0 Å². The minimum atomic E-state index is -0.222. The lowest BCUT2D eigenvalue weighted by atomic mass is 10.0. The van der Waals surface area contributed by atoms with Crippen molar-refractivity contribution in [1.29, 1.82) is 0 Å². The third-order valence-electron chi connectivity index (χ3n) is 3.86. The molecule has 0 fully saturated rings. The van der Waals surface area contributed by atoms with Gasteiger partial charge in [-0.1, -0.05) is 32.0 Å². The monoisotopic (exact) mass is 319 g/mol. The highest BCUT2D eigenvalue weighted by Crippen LogP contribution is 2.15. The summed E-state index contributed by atoms with van der Waals surface area (Å²) >= 11 is 0. The Hall–Kier alpha value is -1.88. The number of para-hydroxylation sites is 1. The predicted octanol–water partition coefficient (Wildman–Crippen LogP) is 2.42. The first-order chi connectivity index (χ1) is 10.8. The fourth-order valence-electron chi connectivity index (χ4n) is 2.19. The number of nitrogens with zero attached hydrogens (tertiary/aromatic N) is 1. The highest BCUT2D eigenvalue weighted by Gasteiger charge is 2.19. The van der Waals surface area contributed by atoms with Crippen LogP contribution in [0.2, 0.25) is 0 Å². The van der Waals surface area contributed by atoms with E-state index in [1.165, 1.54) is 0 Å². The summed E-state index contributed by atoms with van der Waals surface area (Å²) in [4.78, 5) is 25.8. The summed E-state index contributed by atoms with van der Waals surface area (Å²) in [5.41, 5.74) is 1.72. The van der Waals surface area contributed by atoms with Crippen molar-refractivity contribution >= 4 is 17.5 Å². The molecule has 0 spiro atoms. The molecule has 0 bridgehead atoms. The van der Waals surface area contributed by atoms with Gasteiger partial charge in [-0.15, -0.1) is 0 Å². The third kappa shape index (κ3) is 6.82. The van der Waals surface area contributed by atoms with Crippen molar-refractivity contribution in [1.82, 2.24) is 10.2 Å². The van der Waals surface area contributed by atoms with Crippen LogP contribution in [0.1, 0.15) is 39.7 Å².